The van der Waals surface area contributed by atoms with Crippen molar-refractivity contribution in [2.45, 2.75) is 11.4 Å². The summed E-state index contributed by atoms with van der Waals surface area (Å²) >= 11 is 0. The highest BCUT2D eigenvalue weighted by atomic mass is 32.2. The maximum absolute atomic E-state index is 12.9. The number of hydrogen-bond donors (Lipinski definition) is 1. The molecule has 1 amide bonds. The van der Waals surface area contributed by atoms with E-state index < -0.39 is 10.0 Å². The molecule has 156 valence electrons. The van der Waals surface area contributed by atoms with Crippen molar-refractivity contribution in [3.05, 3.63) is 108 Å². The minimum absolute atomic E-state index is 0.146. The van der Waals surface area contributed by atoms with Crippen LogP contribution >= 0.6 is 0 Å². The molecule has 0 saturated carbocycles. The molecule has 1 N–H and O–H groups in total. The number of fused-ring (bicyclic) bond motifs is 1. The lowest BCUT2D eigenvalue weighted by atomic mass is 10.1. The molecule has 4 aromatic carbocycles. The van der Waals surface area contributed by atoms with Crippen LogP contribution in [0.15, 0.2) is 102 Å². The number of hydrogen-bond acceptors (Lipinski definition) is 3. The second kappa shape index (κ2) is 8.71. The number of carbonyl (C=O) groups excluding carboxylic acids is 1. The molecule has 0 bridgehead atoms. The van der Waals surface area contributed by atoms with Crippen molar-refractivity contribution in [3.63, 3.8) is 0 Å². The van der Waals surface area contributed by atoms with Crippen LogP contribution in [0.25, 0.3) is 10.8 Å². The van der Waals surface area contributed by atoms with Crippen LogP contribution in [0.4, 0.5) is 5.69 Å². The standard InChI is InChI=1S/C25H22N2O3S/c1-27(18-19-8-3-2-4-9-19)31(29,30)22-16-14-21(15-17-22)25(28)26-24-13-7-11-20-10-5-6-12-23(20)24/h2-17H,18H2,1H3,(H,26,28). The number of anilines is 1. The van der Waals surface area contributed by atoms with Crippen molar-refractivity contribution >= 4 is 32.4 Å². The van der Waals surface area contributed by atoms with E-state index in [1.165, 1.54) is 28.6 Å². The van der Waals surface area contributed by atoms with Crippen LogP contribution in [0, 0.1) is 0 Å². The second-order valence-electron chi connectivity index (χ2n) is 7.25. The lowest BCUT2D eigenvalue weighted by Gasteiger charge is -2.17. The zero-order valence-electron chi connectivity index (χ0n) is 17.0. The summed E-state index contributed by atoms with van der Waals surface area (Å²) in [6.45, 7) is 0.270. The number of rotatable bonds is 6. The maximum Gasteiger partial charge on any atom is 0.255 e. The van der Waals surface area contributed by atoms with E-state index >= 15 is 0 Å². The Morgan fingerprint density at radius 1 is 0.806 bits per heavy atom. The van der Waals surface area contributed by atoms with Crippen molar-refractivity contribution in [2.75, 3.05) is 12.4 Å². The van der Waals surface area contributed by atoms with Gasteiger partial charge in [0.15, 0.2) is 0 Å². The Balaban J connectivity index is 1.51. The summed E-state index contributed by atoms with van der Waals surface area (Å²) in [6, 6.07) is 28.9. The van der Waals surface area contributed by atoms with Gasteiger partial charge in [-0.3, -0.25) is 4.79 Å². The molecule has 0 fully saturated rings. The molecule has 4 aromatic rings. The Kier molecular flexibility index (Phi) is 5.84. The van der Waals surface area contributed by atoms with Crippen molar-refractivity contribution in [1.29, 1.82) is 0 Å². The normalized spacial score (nSPS) is 11.5. The van der Waals surface area contributed by atoms with Crippen molar-refractivity contribution < 1.29 is 13.2 Å². The molecule has 0 aliphatic carbocycles. The Labute approximate surface area is 182 Å². The monoisotopic (exact) mass is 430 g/mol. The van der Waals surface area contributed by atoms with Gasteiger partial charge >= 0.3 is 0 Å². The molecule has 0 saturated heterocycles. The largest absolute Gasteiger partial charge is 0.321 e. The predicted octanol–water partition coefficient (Wildman–Crippen LogP) is 4.91. The Hall–Kier alpha value is -3.48. The maximum atomic E-state index is 12.9. The van der Waals surface area contributed by atoms with E-state index in [-0.39, 0.29) is 17.3 Å². The van der Waals surface area contributed by atoms with Gasteiger partial charge in [-0.05, 0) is 41.3 Å². The number of benzene rings is 4. The highest BCUT2D eigenvalue weighted by molar-refractivity contribution is 7.89. The van der Waals surface area contributed by atoms with Crippen molar-refractivity contribution in [2.24, 2.45) is 0 Å². The van der Waals surface area contributed by atoms with E-state index in [1.54, 1.807) is 7.05 Å². The van der Waals surface area contributed by atoms with E-state index in [0.29, 0.717) is 11.3 Å². The summed E-state index contributed by atoms with van der Waals surface area (Å²) in [5.74, 6) is -0.294. The first-order valence-corrected chi connectivity index (χ1v) is 11.3. The summed E-state index contributed by atoms with van der Waals surface area (Å²) in [7, 11) is -2.12. The summed E-state index contributed by atoms with van der Waals surface area (Å²) in [6.07, 6.45) is 0. The molecule has 0 aromatic heterocycles. The van der Waals surface area contributed by atoms with Gasteiger partial charge in [0.25, 0.3) is 5.91 Å². The Morgan fingerprint density at radius 2 is 1.45 bits per heavy atom. The zero-order valence-corrected chi connectivity index (χ0v) is 17.8. The Bertz CT molecular complexity index is 1310. The molecule has 4 rings (SSSR count). The van der Waals surface area contributed by atoms with Gasteiger partial charge in [0.05, 0.1) is 4.90 Å². The first-order chi connectivity index (χ1) is 14.9. The van der Waals surface area contributed by atoms with Crippen LogP contribution in [0.5, 0.6) is 0 Å². The lowest BCUT2D eigenvalue weighted by molar-refractivity contribution is 0.102. The smallest absolute Gasteiger partial charge is 0.255 e. The fourth-order valence-electron chi connectivity index (χ4n) is 3.41. The third-order valence-corrected chi connectivity index (χ3v) is 6.93. The van der Waals surface area contributed by atoms with Crippen molar-refractivity contribution in [3.8, 4) is 0 Å². The molecule has 0 heterocycles. The molecule has 5 nitrogen and oxygen atoms in total. The summed E-state index contributed by atoms with van der Waals surface area (Å²) in [5.41, 5.74) is 2.00. The minimum atomic E-state index is -3.67. The van der Waals surface area contributed by atoms with E-state index in [0.717, 1.165) is 16.3 Å². The zero-order chi connectivity index (χ0) is 21.8. The molecular formula is C25H22N2O3S. The minimum Gasteiger partial charge on any atom is -0.321 e. The molecule has 0 aliphatic rings. The summed E-state index contributed by atoms with van der Waals surface area (Å²) in [5, 5.41) is 4.89. The van der Waals surface area contributed by atoms with Gasteiger partial charge in [0, 0.05) is 30.2 Å². The van der Waals surface area contributed by atoms with E-state index in [1.807, 2.05) is 72.8 Å². The van der Waals surface area contributed by atoms with E-state index in [4.69, 9.17) is 0 Å². The predicted molar refractivity (Wildman–Crippen MR) is 123 cm³/mol. The van der Waals surface area contributed by atoms with Gasteiger partial charge < -0.3 is 5.32 Å². The van der Waals surface area contributed by atoms with Gasteiger partial charge in [-0.1, -0.05) is 66.7 Å². The third-order valence-electron chi connectivity index (χ3n) is 5.11. The van der Waals surface area contributed by atoms with E-state index in [2.05, 4.69) is 5.32 Å². The molecule has 0 radical (unpaired) electrons. The number of nitrogens with zero attached hydrogens (tertiary/aromatic N) is 1. The van der Waals surface area contributed by atoms with Crippen LogP contribution in [0.1, 0.15) is 15.9 Å². The number of nitrogens with one attached hydrogen (secondary N) is 1. The highest BCUT2D eigenvalue weighted by Crippen LogP contribution is 2.24. The molecule has 0 atom stereocenters. The first-order valence-electron chi connectivity index (χ1n) is 9.84. The Morgan fingerprint density at radius 3 is 2.19 bits per heavy atom. The van der Waals surface area contributed by atoms with Crippen molar-refractivity contribution in [1.82, 2.24) is 4.31 Å². The first kappa shape index (κ1) is 20.8. The summed E-state index contributed by atoms with van der Waals surface area (Å²) < 4.78 is 27.1. The van der Waals surface area contributed by atoms with Crippen LogP contribution < -0.4 is 5.32 Å². The fourth-order valence-corrected chi connectivity index (χ4v) is 4.57. The molecule has 0 aliphatic heterocycles. The number of amides is 1. The molecular weight excluding hydrogens is 408 g/mol. The molecule has 6 heteroatoms. The van der Waals surface area contributed by atoms with Gasteiger partial charge in [-0.15, -0.1) is 0 Å². The molecule has 31 heavy (non-hydrogen) atoms. The lowest BCUT2D eigenvalue weighted by Crippen LogP contribution is -2.26. The number of carbonyl (C=O) groups is 1. The molecule has 0 unspecified atom stereocenters. The third kappa shape index (κ3) is 4.50. The fraction of sp³-hybridized carbons (Fsp3) is 0.0800. The van der Waals surface area contributed by atoms with Gasteiger partial charge in [0.2, 0.25) is 10.0 Å². The van der Waals surface area contributed by atoms with E-state index in [9.17, 15) is 13.2 Å². The summed E-state index contributed by atoms with van der Waals surface area (Å²) in [4.78, 5) is 12.9. The van der Waals surface area contributed by atoms with Gasteiger partial charge in [-0.25, -0.2) is 8.42 Å². The second-order valence-corrected chi connectivity index (χ2v) is 9.30. The van der Waals surface area contributed by atoms with Crippen LogP contribution in [0.3, 0.4) is 0 Å². The molecule has 0 spiro atoms. The highest BCUT2D eigenvalue weighted by Gasteiger charge is 2.21. The number of sulfonamides is 1. The van der Waals surface area contributed by atoms with Crippen LogP contribution in [-0.4, -0.2) is 25.7 Å². The van der Waals surface area contributed by atoms with Gasteiger partial charge in [0.1, 0.15) is 0 Å². The SMILES string of the molecule is CN(Cc1ccccc1)S(=O)(=O)c1ccc(C(=O)Nc2cccc3ccccc23)cc1. The van der Waals surface area contributed by atoms with Crippen LogP contribution in [0.2, 0.25) is 0 Å². The average molecular weight is 431 g/mol. The van der Waals surface area contributed by atoms with Crippen LogP contribution in [-0.2, 0) is 16.6 Å². The average Bonchev–Trinajstić information content (AvgIpc) is 2.80. The topological polar surface area (TPSA) is 66.5 Å². The quantitative estimate of drug-likeness (QED) is 0.472. The van der Waals surface area contributed by atoms with Gasteiger partial charge in [-0.2, -0.15) is 4.31 Å².